The highest BCUT2D eigenvalue weighted by molar-refractivity contribution is 6.02. The number of fused-ring (bicyclic) bond motifs is 3. The molecule has 30 heavy (non-hydrogen) atoms. The minimum atomic E-state index is -0.218. The van der Waals surface area contributed by atoms with Crippen LogP contribution in [0, 0.1) is 11.3 Å². The standard InChI is InChI=1S/C25H20N2O3/c1-29-24-14-17(6-10-23(24)30-13-12-26)7-11-25(28)27-20-9-8-19-15-18-4-2-3-5-21(18)22(19)16-20/h2-11,14,16H,13,15H2,1H3,(H,27,28)/b11-7+. The number of anilines is 1. The van der Waals surface area contributed by atoms with E-state index in [0.29, 0.717) is 11.5 Å². The van der Waals surface area contributed by atoms with Gasteiger partial charge in [0.25, 0.3) is 0 Å². The molecular weight excluding hydrogens is 376 g/mol. The van der Waals surface area contributed by atoms with Gasteiger partial charge in [0.15, 0.2) is 18.1 Å². The van der Waals surface area contributed by atoms with Crippen molar-refractivity contribution >= 4 is 17.7 Å². The molecule has 4 rings (SSSR count). The maximum absolute atomic E-state index is 12.4. The van der Waals surface area contributed by atoms with Crippen molar-refractivity contribution in [2.75, 3.05) is 19.0 Å². The predicted molar refractivity (Wildman–Crippen MR) is 116 cm³/mol. The third-order valence-electron chi connectivity index (χ3n) is 4.97. The Bertz CT molecular complexity index is 1180. The Morgan fingerprint density at radius 1 is 1.07 bits per heavy atom. The van der Waals surface area contributed by atoms with Crippen LogP contribution in [0.2, 0.25) is 0 Å². The Morgan fingerprint density at radius 3 is 2.73 bits per heavy atom. The molecule has 0 fully saturated rings. The van der Waals surface area contributed by atoms with Gasteiger partial charge in [0.2, 0.25) is 5.91 Å². The fourth-order valence-corrected chi connectivity index (χ4v) is 3.57. The van der Waals surface area contributed by atoms with Gasteiger partial charge >= 0.3 is 0 Å². The maximum Gasteiger partial charge on any atom is 0.248 e. The van der Waals surface area contributed by atoms with E-state index in [4.69, 9.17) is 14.7 Å². The van der Waals surface area contributed by atoms with Gasteiger partial charge < -0.3 is 14.8 Å². The summed E-state index contributed by atoms with van der Waals surface area (Å²) in [6.45, 7) is -0.0563. The van der Waals surface area contributed by atoms with Gasteiger partial charge in [-0.3, -0.25) is 4.79 Å². The van der Waals surface area contributed by atoms with Crippen LogP contribution in [0.1, 0.15) is 16.7 Å². The number of hydrogen-bond donors (Lipinski definition) is 1. The molecule has 0 aromatic heterocycles. The van der Waals surface area contributed by atoms with Crippen LogP contribution in [-0.4, -0.2) is 19.6 Å². The van der Waals surface area contributed by atoms with Crippen molar-refractivity contribution < 1.29 is 14.3 Å². The van der Waals surface area contributed by atoms with E-state index < -0.39 is 0 Å². The summed E-state index contributed by atoms with van der Waals surface area (Å²) >= 11 is 0. The second-order valence-electron chi connectivity index (χ2n) is 6.89. The van der Waals surface area contributed by atoms with Gasteiger partial charge in [-0.15, -0.1) is 0 Å². The SMILES string of the molecule is COc1cc(/C=C/C(=O)Nc2ccc3c(c2)-c2ccccc2C3)ccc1OCC#N. The molecule has 148 valence electrons. The van der Waals surface area contributed by atoms with Crippen molar-refractivity contribution in [3.63, 3.8) is 0 Å². The minimum absolute atomic E-state index is 0.0563. The first kappa shape index (κ1) is 19.3. The highest BCUT2D eigenvalue weighted by Crippen LogP contribution is 2.37. The van der Waals surface area contributed by atoms with Gasteiger partial charge in [-0.1, -0.05) is 36.4 Å². The van der Waals surface area contributed by atoms with Gasteiger partial charge in [-0.05, 0) is 64.6 Å². The molecule has 0 unspecified atom stereocenters. The molecule has 1 aliphatic rings. The monoisotopic (exact) mass is 396 g/mol. The molecule has 0 spiro atoms. The normalized spacial score (nSPS) is 11.5. The molecule has 0 atom stereocenters. The van der Waals surface area contributed by atoms with Gasteiger partial charge in [0.1, 0.15) is 6.07 Å². The summed E-state index contributed by atoms with van der Waals surface area (Å²) in [6, 6.07) is 21.6. The van der Waals surface area contributed by atoms with E-state index in [0.717, 1.165) is 17.7 Å². The Morgan fingerprint density at radius 2 is 1.90 bits per heavy atom. The molecule has 0 aliphatic heterocycles. The number of carbonyl (C=O) groups is 1. The zero-order valence-electron chi connectivity index (χ0n) is 16.5. The molecule has 5 nitrogen and oxygen atoms in total. The number of benzene rings is 3. The molecule has 0 heterocycles. The second-order valence-corrected chi connectivity index (χ2v) is 6.89. The van der Waals surface area contributed by atoms with Crippen LogP contribution in [-0.2, 0) is 11.2 Å². The number of nitrogens with one attached hydrogen (secondary N) is 1. The van der Waals surface area contributed by atoms with Gasteiger partial charge in [-0.2, -0.15) is 5.26 Å². The lowest BCUT2D eigenvalue weighted by Gasteiger charge is -2.09. The smallest absolute Gasteiger partial charge is 0.248 e. The zero-order chi connectivity index (χ0) is 20.9. The van der Waals surface area contributed by atoms with E-state index in [1.54, 1.807) is 24.3 Å². The summed E-state index contributed by atoms with van der Waals surface area (Å²) in [6.07, 6.45) is 4.11. The average molecular weight is 396 g/mol. The lowest BCUT2D eigenvalue weighted by atomic mass is 10.1. The maximum atomic E-state index is 12.4. The lowest BCUT2D eigenvalue weighted by Crippen LogP contribution is -2.07. The Labute approximate surface area is 175 Å². The van der Waals surface area contributed by atoms with Gasteiger partial charge in [0.05, 0.1) is 7.11 Å². The quantitative estimate of drug-likeness (QED) is 0.474. The number of hydrogen-bond acceptors (Lipinski definition) is 4. The van der Waals surface area contributed by atoms with Gasteiger partial charge in [-0.25, -0.2) is 0 Å². The van der Waals surface area contributed by atoms with Crippen LogP contribution >= 0.6 is 0 Å². The third kappa shape index (κ3) is 4.03. The van der Waals surface area contributed by atoms with Crippen LogP contribution in [0.15, 0.2) is 66.7 Å². The fraction of sp³-hybridized carbons (Fsp3) is 0.120. The number of nitrogens with zero attached hydrogens (tertiary/aromatic N) is 1. The summed E-state index contributed by atoms with van der Waals surface area (Å²) in [5.74, 6) is 0.772. The van der Waals surface area contributed by atoms with Crippen molar-refractivity contribution in [2.24, 2.45) is 0 Å². The van der Waals surface area contributed by atoms with E-state index >= 15 is 0 Å². The van der Waals surface area contributed by atoms with Crippen LogP contribution in [0.4, 0.5) is 5.69 Å². The van der Waals surface area contributed by atoms with Crippen molar-refractivity contribution in [1.82, 2.24) is 0 Å². The predicted octanol–water partition coefficient (Wildman–Crippen LogP) is 4.82. The second kappa shape index (κ2) is 8.54. The number of rotatable bonds is 6. The summed E-state index contributed by atoms with van der Waals surface area (Å²) in [4.78, 5) is 12.4. The van der Waals surface area contributed by atoms with Gasteiger partial charge in [0, 0.05) is 11.8 Å². The number of ether oxygens (including phenoxy) is 2. The highest BCUT2D eigenvalue weighted by atomic mass is 16.5. The summed E-state index contributed by atoms with van der Waals surface area (Å²) < 4.78 is 10.6. The molecule has 0 saturated heterocycles. The molecular formula is C25H20N2O3. The topological polar surface area (TPSA) is 71.3 Å². The zero-order valence-corrected chi connectivity index (χ0v) is 16.5. The molecule has 1 N–H and O–H groups in total. The Balaban J connectivity index is 1.46. The summed E-state index contributed by atoms with van der Waals surface area (Å²) in [7, 11) is 1.53. The first-order chi connectivity index (χ1) is 14.7. The van der Waals surface area contributed by atoms with Crippen LogP contribution in [0.5, 0.6) is 11.5 Å². The largest absolute Gasteiger partial charge is 0.493 e. The molecule has 3 aromatic rings. The number of carbonyl (C=O) groups excluding carboxylic acids is 1. The van der Waals surface area contributed by atoms with E-state index in [1.165, 1.54) is 35.4 Å². The Hall–Kier alpha value is -4.04. The molecule has 1 aliphatic carbocycles. The van der Waals surface area contributed by atoms with Crippen LogP contribution < -0.4 is 14.8 Å². The summed E-state index contributed by atoms with van der Waals surface area (Å²) in [5, 5.41) is 11.6. The first-order valence-electron chi connectivity index (χ1n) is 9.56. The van der Waals surface area contributed by atoms with E-state index in [9.17, 15) is 4.79 Å². The van der Waals surface area contributed by atoms with Crippen molar-refractivity contribution in [3.05, 3.63) is 83.4 Å². The van der Waals surface area contributed by atoms with Crippen LogP contribution in [0.25, 0.3) is 17.2 Å². The van der Waals surface area contributed by atoms with Crippen LogP contribution in [0.3, 0.4) is 0 Å². The molecule has 5 heteroatoms. The lowest BCUT2D eigenvalue weighted by molar-refractivity contribution is -0.111. The molecule has 0 bridgehead atoms. The molecule has 3 aromatic carbocycles. The summed E-state index contributed by atoms with van der Waals surface area (Å²) in [5.41, 5.74) is 6.53. The number of nitriles is 1. The molecule has 0 saturated carbocycles. The highest BCUT2D eigenvalue weighted by Gasteiger charge is 2.18. The minimum Gasteiger partial charge on any atom is -0.493 e. The first-order valence-corrected chi connectivity index (χ1v) is 9.56. The van der Waals surface area contributed by atoms with Crippen molar-refractivity contribution in [3.8, 4) is 28.7 Å². The van der Waals surface area contributed by atoms with E-state index in [-0.39, 0.29) is 12.5 Å². The van der Waals surface area contributed by atoms with Crippen molar-refractivity contribution in [1.29, 1.82) is 5.26 Å². The number of amides is 1. The average Bonchev–Trinajstić information content (AvgIpc) is 3.14. The molecule has 1 amide bonds. The number of methoxy groups -OCH3 is 1. The van der Waals surface area contributed by atoms with Crippen molar-refractivity contribution in [2.45, 2.75) is 6.42 Å². The third-order valence-corrected chi connectivity index (χ3v) is 4.97. The van der Waals surface area contributed by atoms with E-state index in [2.05, 4.69) is 29.6 Å². The molecule has 0 radical (unpaired) electrons. The fourth-order valence-electron chi connectivity index (χ4n) is 3.57. The van der Waals surface area contributed by atoms with E-state index in [1.807, 2.05) is 24.3 Å². The Kier molecular flexibility index (Phi) is 5.49.